The van der Waals surface area contributed by atoms with E-state index in [0.717, 1.165) is 17.3 Å². The van der Waals surface area contributed by atoms with Gasteiger partial charge in [0.25, 0.3) is 0 Å². The second kappa shape index (κ2) is 4.62. The number of ether oxygens (including phenoxy) is 1. The van der Waals surface area contributed by atoms with Gasteiger partial charge in [-0.1, -0.05) is 11.6 Å². The highest BCUT2D eigenvalue weighted by atomic mass is 35.5. The topological polar surface area (TPSA) is 32.7 Å². The maximum Gasteiger partial charge on any atom is 0.0584 e. The van der Waals surface area contributed by atoms with E-state index in [1.807, 2.05) is 31.3 Å². The summed E-state index contributed by atoms with van der Waals surface area (Å²) in [7, 11) is 2.01. The third kappa shape index (κ3) is 2.32. The fraction of sp³-hybridized carbons (Fsp3) is 0.500. The van der Waals surface area contributed by atoms with Crippen LogP contribution in [0.15, 0.2) is 24.3 Å². The number of anilines is 1. The molecule has 0 saturated carbocycles. The average molecular weight is 242 g/mol. The minimum atomic E-state index is -0.0889. The van der Waals surface area contributed by atoms with Crippen LogP contribution >= 0.6 is 11.6 Å². The SMILES string of the molecule is CN(CC1(CO)COC1)c1ccc(Cl)cc1. The van der Waals surface area contributed by atoms with E-state index in [2.05, 4.69) is 4.90 Å². The average Bonchev–Trinajstić information content (AvgIpc) is 2.24. The van der Waals surface area contributed by atoms with Gasteiger partial charge in [0.15, 0.2) is 0 Å². The highest BCUT2D eigenvalue weighted by Gasteiger charge is 2.39. The summed E-state index contributed by atoms with van der Waals surface area (Å²) < 4.78 is 5.18. The quantitative estimate of drug-likeness (QED) is 0.873. The van der Waals surface area contributed by atoms with Gasteiger partial charge >= 0.3 is 0 Å². The summed E-state index contributed by atoms with van der Waals surface area (Å²) in [5, 5.41) is 10.1. The smallest absolute Gasteiger partial charge is 0.0584 e. The van der Waals surface area contributed by atoms with Crippen molar-refractivity contribution in [3.8, 4) is 0 Å². The Morgan fingerprint density at radius 1 is 1.38 bits per heavy atom. The molecule has 1 N–H and O–H groups in total. The number of hydrogen-bond donors (Lipinski definition) is 1. The first-order valence-electron chi connectivity index (χ1n) is 5.31. The monoisotopic (exact) mass is 241 g/mol. The molecule has 3 nitrogen and oxygen atoms in total. The standard InChI is InChI=1S/C12H16ClNO2/c1-14(6-12(7-15)8-16-9-12)11-4-2-10(13)3-5-11/h2-5,15H,6-9H2,1H3. The summed E-state index contributed by atoms with van der Waals surface area (Å²) >= 11 is 5.84. The van der Waals surface area contributed by atoms with E-state index >= 15 is 0 Å². The van der Waals surface area contributed by atoms with E-state index < -0.39 is 0 Å². The van der Waals surface area contributed by atoms with Gasteiger partial charge in [0, 0.05) is 24.3 Å². The number of aliphatic hydroxyl groups is 1. The maximum atomic E-state index is 9.35. The van der Waals surface area contributed by atoms with Crippen molar-refractivity contribution in [2.75, 3.05) is 38.3 Å². The van der Waals surface area contributed by atoms with Crippen molar-refractivity contribution in [3.05, 3.63) is 29.3 Å². The second-order valence-electron chi connectivity index (χ2n) is 4.48. The van der Waals surface area contributed by atoms with Crippen molar-refractivity contribution >= 4 is 17.3 Å². The summed E-state index contributed by atoms with van der Waals surface area (Å²) in [4.78, 5) is 2.12. The Balaban J connectivity index is 2.02. The molecule has 1 fully saturated rings. The molecule has 0 spiro atoms. The Morgan fingerprint density at radius 2 is 2.00 bits per heavy atom. The Kier molecular flexibility index (Phi) is 3.38. The van der Waals surface area contributed by atoms with Crippen LogP contribution in [0.3, 0.4) is 0 Å². The zero-order valence-electron chi connectivity index (χ0n) is 9.32. The summed E-state index contributed by atoms with van der Waals surface area (Å²) in [6.07, 6.45) is 0. The summed E-state index contributed by atoms with van der Waals surface area (Å²) in [5.74, 6) is 0. The molecule has 4 heteroatoms. The molecule has 1 aromatic carbocycles. The van der Waals surface area contributed by atoms with Crippen LogP contribution in [0, 0.1) is 5.41 Å². The molecule has 0 radical (unpaired) electrons. The highest BCUT2D eigenvalue weighted by molar-refractivity contribution is 6.30. The fourth-order valence-electron chi connectivity index (χ4n) is 1.91. The van der Waals surface area contributed by atoms with Gasteiger partial charge in [-0.15, -0.1) is 0 Å². The summed E-state index contributed by atoms with van der Waals surface area (Å²) in [6, 6.07) is 7.70. The van der Waals surface area contributed by atoms with Crippen LogP contribution in [0.5, 0.6) is 0 Å². The minimum Gasteiger partial charge on any atom is -0.396 e. The van der Waals surface area contributed by atoms with Crippen LogP contribution in [0.1, 0.15) is 0 Å². The van der Waals surface area contributed by atoms with E-state index in [0.29, 0.717) is 13.2 Å². The van der Waals surface area contributed by atoms with Crippen LogP contribution < -0.4 is 4.90 Å². The third-order valence-corrected chi connectivity index (χ3v) is 3.24. The molecule has 0 atom stereocenters. The molecule has 1 heterocycles. The van der Waals surface area contributed by atoms with E-state index in [4.69, 9.17) is 16.3 Å². The number of nitrogens with zero attached hydrogens (tertiary/aromatic N) is 1. The van der Waals surface area contributed by atoms with Crippen LogP contribution in [-0.2, 0) is 4.74 Å². The van der Waals surface area contributed by atoms with Crippen molar-refractivity contribution in [1.82, 2.24) is 0 Å². The van der Waals surface area contributed by atoms with Gasteiger partial charge in [0.1, 0.15) is 0 Å². The van der Waals surface area contributed by atoms with Gasteiger partial charge in [-0.2, -0.15) is 0 Å². The van der Waals surface area contributed by atoms with Crippen LogP contribution in [0.25, 0.3) is 0 Å². The fourth-order valence-corrected chi connectivity index (χ4v) is 2.04. The van der Waals surface area contributed by atoms with Crippen molar-refractivity contribution in [2.45, 2.75) is 0 Å². The Hall–Kier alpha value is -0.770. The molecule has 0 aromatic heterocycles. The molecule has 1 aliphatic heterocycles. The Bertz CT molecular complexity index is 343. The lowest BCUT2D eigenvalue weighted by Crippen LogP contribution is -2.52. The Morgan fingerprint density at radius 3 is 2.44 bits per heavy atom. The predicted molar refractivity (Wildman–Crippen MR) is 65.1 cm³/mol. The van der Waals surface area contributed by atoms with Crippen molar-refractivity contribution in [1.29, 1.82) is 0 Å². The van der Waals surface area contributed by atoms with Crippen LogP contribution in [0.2, 0.25) is 5.02 Å². The molecule has 1 aliphatic rings. The molecular weight excluding hydrogens is 226 g/mol. The van der Waals surface area contributed by atoms with Gasteiger partial charge < -0.3 is 14.7 Å². The van der Waals surface area contributed by atoms with Crippen molar-refractivity contribution < 1.29 is 9.84 Å². The first-order chi connectivity index (χ1) is 7.65. The first kappa shape index (κ1) is 11.7. The van der Waals surface area contributed by atoms with E-state index in [-0.39, 0.29) is 12.0 Å². The van der Waals surface area contributed by atoms with Gasteiger partial charge in [0.2, 0.25) is 0 Å². The van der Waals surface area contributed by atoms with Crippen LogP contribution in [0.4, 0.5) is 5.69 Å². The number of halogens is 1. The molecule has 0 bridgehead atoms. The number of hydrogen-bond acceptors (Lipinski definition) is 3. The second-order valence-corrected chi connectivity index (χ2v) is 4.92. The number of aliphatic hydroxyl groups excluding tert-OH is 1. The van der Waals surface area contributed by atoms with E-state index in [1.165, 1.54) is 0 Å². The maximum absolute atomic E-state index is 9.35. The van der Waals surface area contributed by atoms with Gasteiger partial charge in [-0.25, -0.2) is 0 Å². The minimum absolute atomic E-state index is 0.0889. The third-order valence-electron chi connectivity index (χ3n) is 2.99. The normalized spacial score (nSPS) is 17.9. The first-order valence-corrected chi connectivity index (χ1v) is 5.68. The largest absolute Gasteiger partial charge is 0.396 e. The lowest BCUT2D eigenvalue weighted by atomic mass is 9.86. The van der Waals surface area contributed by atoms with E-state index in [9.17, 15) is 5.11 Å². The van der Waals surface area contributed by atoms with Crippen molar-refractivity contribution in [3.63, 3.8) is 0 Å². The molecule has 2 rings (SSSR count). The van der Waals surface area contributed by atoms with Gasteiger partial charge in [-0.3, -0.25) is 0 Å². The van der Waals surface area contributed by atoms with Crippen LogP contribution in [-0.4, -0.2) is 38.5 Å². The molecular formula is C12H16ClNO2. The number of rotatable bonds is 4. The molecule has 0 aliphatic carbocycles. The lowest BCUT2D eigenvalue weighted by Gasteiger charge is -2.42. The molecule has 0 amide bonds. The number of benzene rings is 1. The molecule has 1 saturated heterocycles. The zero-order valence-corrected chi connectivity index (χ0v) is 10.1. The zero-order chi connectivity index (χ0) is 11.6. The molecule has 0 unspecified atom stereocenters. The van der Waals surface area contributed by atoms with E-state index in [1.54, 1.807) is 0 Å². The predicted octanol–water partition coefficient (Wildman–Crippen LogP) is 1.79. The van der Waals surface area contributed by atoms with Crippen molar-refractivity contribution in [2.24, 2.45) is 5.41 Å². The molecule has 1 aromatic rings. The Labute approximate surface area is 101 Å². The van der Waals surface area contributed by atoms with Gasteiger partial charge in [-0.05, 0) is 24.3 Å². The lowest BCUT2D eigenvalue weighted by molar-refractivity contribution is -0.130. The summed E-state index contributed by atoms with van der Waals surface area (Å²) in [5.41, 5.74) is 1.01. The molecule has 16 heavy (non-hydrogen) atoms. The van der Waals surface area contributed by atoms with Gasteiger partial charge in [0.05, 0.1) is 25.2 Å². The summed E-state index contributed by atoms with van der Waals surface area (Å²) in [6.45, 7) is 2.25. The molecule has 88 valence electrons. The highest BCUT2D eigenvalue weighted by Crippen LogP contribution is 2.29.